The predicted molar refractivity (Wildman–Crippen MR) is 125 cm³/mol. The van der Waals surface area contributed by atoms with Crippen LogP contribution in [0.2, 0.25) is 0 Å². The van der Waals surface area contributed by atoms with E-state index in [0.29, 0.717) is 18.2 Å². The molecular weight excluding hydrogens is 386 g/mol. The Kier molecular flexibility index (Phi) is 4.89. The molecule has 2 aromatic carbocycles. The van der Waals surface area contributed by atoms with Crippen molar-refractivity contribution in [3.63, 3.8) is 0 Å². The number of aromatic nitrogens is 1. The van der Waals surface area contributed by atoms with Crippen molar-refractivity contribution in [3.8, 4) is 0 Å². The van der Waals surface area contributed by atoms with E-state index in [2.05, 4.69) is 13.0 Å². The maximum atomic E-state index is 13.1. The molecule has 2 aliphatic rings. The normalized spacial score (nSPS) is 20.0. The van der Waals surface area contributed by atoms with Crippen molar-refractivity contribution in [2.24, 2.45) is 0 Å². The first-order valence-corrected chi connectivity index (χ1v) is 11.0. The molecule has 0 N–H and O–H groups in total. The minimum atomic E-state index is -0.00347. The molecule has 31 heavy (non-hydrogen) atoms. The fourth-order valence-electron chi connectivity index (χ4n) is 4.92. The molecule has 0 bridgehead atoms. The first kappa shape index (κ1) is 19.6. The zero-order valence-electron chi connectivity index (χ0n) is 18.0. The van der Waals surface area contributed by atoms with Gasteiger partial charge in [-0.1, -0.05) is 36.4 Å². The number of hydrogen-bond donors (Lipinski definition) is 0. The lowest BCUT2D eigenvalue weighted by molar-refractivity contribution is -0.135. The number of hydrogen-bond acceptors (Lipinski definition) is 2. The summed E-state index contributed by atoms with van der Waals surface area (Å²) in [5, 5.41) is 1.05. The van der Waals surface area contributed by atoms with Gasteiger partial charge in [-0.05, 0) is 44.4 Å². The number of benzene rings is 2. The van der Waals surface area contributed by atoms with Crippen LogP contribution in [0.5, 0.6) is 0 Å². The number of amides is 2. The molecule has 0 spiro atoms. The number of para-hydroxylation sites is 2. The summed E-state index contributed by atoms with van der Waals surface area (Å²) in [6.45, 7) is 3.30. The fourth-order valence-corrected chi connectivity index (χ4v) is 4.92. The third kappa shape index (κ3) is 3.34. The van der Waals surface area contributed by atoms with Crippen molar-refractivity contribution in [1.82, 2.24) is 9.47 Å². The molecule has 158 valence electrons. The number of anilines is 1. The van der Waals surface area contributed by atoms with Crippen molar-refractivity contribution in [2.45, 2.75) is 38.8 Å². The van der Waals surface area contributed by atoms with Crippen LogP contribution in [0.15, 0.2) is 54.7 Å². The highest BCUT2D eigenvalue weighted by atomic mass is 16.2. The van der Waals surface area contributed by atoms with Gasteiger partial charge in [0.25, 0.3) is 5.91 Å². The summed E-state index contributed by atoms with van der Waals surface area (Å²) in [7, 11) is 1.81. The Hall–Kier alpha value is -3.34. The standard InChI is InChI=1S/C26H27N3O2/c1-18-9-7-8-14-29(18)25(30)17-28-16-19(20-10-3-6-13-24(20)28)15-22-21-11-4-5-12-23(21)27(2)26(22)31/h3-6,10-13,15-16,18H,7-9,14,17H2,1-2H3/b22-15+/t18-/m1/s1. The molecule has 5 rings (SSSR count). The van der Waals surface area contributed by atoms with Crippen LogP contribution in [0.3, 0.4) is 0 Å². The van der Waals surface area contributed by atoms with Crippen molar-refractivity contribution in [3.05, 3.63) is 65.9 Å². The van der Waals surface area contributed by atoms with E-state index in [9.17, 15) is 9.59 Å². The van der Waals surface area contributed by atoms with E-state index in [0.717, 1.165) is 47.1 Å². The Morgan fingerprint density at radius 3 is 2.71 bits per heavy atom. The minimum Gasteiger partial charge on any atom is -0.338 e. The minimum absolute atomic E-state index is 0.00347. The van der Waals surface area contributed by atoms with E-state index in [1.54, 1.807) is 4.90 Å². The van der Waals surface area contributed by atoms with Crippen LogP contribution in [0.1, 0.15) is 37.3 Å². The zero-order chi connectivity index (χ0) is 21.5. The molecule has 0 radical (unpaired) electrons. The Morgan fingerprint density at radius 1 is 1.10 bits per heavy atom. The molecule has 1 saturated heterocycles. The van der Waals surface area contributed by atoms with E-state index >= 15 is 0 Å². The van der Waals surface area contributed by atoms with E-state index < -0.39 is 0 Å². The van der Waals surface area contributed by atoms with Crippen LogP contribution < -0.4 is 4.90 Å². The van der Waals surface area contributed by atoms with Gasteiger partial charge in [-0.25, -0.2) is 0 Å². The van der Waals surface area contributed by atoms with Crippen LogP contribution in [0, 0.1) is 0 Å². The quantitative estimate of drug-likeness (QED) is 0.591. The maximum absolute atomic E-state index is 13.1. The van der Waals surface area contributed by atoms with E-state index in [4.69, 9.17) is 0 Å². The van der Waals surface area contributed by atoms with Crippen molar-refractivity contribution < 1.29 is 9.59 Å². The number of nitrogens with zero attached hydrogens (tertiary/aromatic N) is 3. The average molecular weight is 414 g/mol. The Labute approximate surface area is 182 Å². The Balaban J connectivity index is 1.54. The van der Waals surface area contributed by atoms with Crippen LogP contribution in [-0.4, -0.2) is 40.9 Å². The number of likely N-dealkylation sites (N-methyl/N-ethyl adjacent to an activating group) is 1. The van der Waals surface area contributed by atoms with Gasteiger partial charge in [-0.15, -0.1) is 0 Å². The molecule has 0 saturated carbocycles. The number of likely N-dealkylation sites (tertiary alicyclic amines) is 1. The highest BCUT2D eigenvalue weighted by Gasteiger charge is 2.29. The summed E-state index contributed by atoms with van der Waals surface area (Å²) in [6, 6.07) is 16.3. The van der Waals surface area contributed by atoms with Crippen LogP contribution in [0.4, 0.5) is 5.69 Å². The summed E-state index contributed by atoms with van der Waals surface area (Å²) in [6.07, 6.45) is 7.33. The predicted octanol–water partition coefficient (Wildman–Crippen LogP) is 4.56. The molecule has 1 atom stereocenters. The molecule has 2 aliphatic heterocycles. The SMILES string of the molecule is C[C@@H]1CCCCN1C(=O)Cn1cc(/C=C2/C(=O)N(C)c3ccccc32)c2ccccc21. The largest absolute Gasteiger partial charge is 0.338 e. The van der Waals surface area contributed by atoms with Gasteiger partial charge in [0.1, 0.15) is 6.54 Å². The van der Waals surface area contributed by atoms with Crippen LogP contribution in [0.25, 0.3) is 22.6 Å². The van der Waals surface area contributed by atoms with E-state index in [1.165, 1.54) is 6.42 Å². The Bertz CT molecular complexity index is 1210. The second-order valence-corrected chi connectivity index (χ2v) is 8.60. The monoisotopic (exact) mass is 413 g/mol. The second-order valence-electron chi connectivity index (χ2n) is 8.60. The summed E-state index contributed by atoms with van der Waals surface area (Å²) < 4.78 is 2.03. The van der Waals surface area contributed by atoms with Crippen LogP contribution in [-0.2, 0) is 16.1 Å². The molecule has 3 heterocycles. The number of piperidine rings is 1. The zero-order valence-corrected chi connectivity index (χ0v) is 18.0. The summed E-state index contributed by atoms with van der Waals surface area (Å²) in [5.74, 6) is 0.158. The highest BCUT2D eigenvalue weighted by molar-refractivity contribution is 6.36. The lowest BCUT2D eigenvalue weighted by Gasteiger charge is -2.33. The van der Waals surface area contributed by atoms with Crippen molar-refractivity contribution in [1.29, 1.82) is 0 Å². The van der Waals surface area contributed by atoms with E-state index in [1.807, 2.05) is 71.3 Å². The molecule has 1 fully saturated rings. The van der Waals surface area contributed by atoms with Gasteiger partial charge < -0.3 is 14.4 Å². The van der Waals surface area contributed by atoms with Gasteiger partial charge in [0.15, 0.2) is 0 Å². The van der Waals surface area contributed by atoms with Gasteiger partial charge in [0, 0.05) is 53.4 Å². The lowest BCUT2D eigenvalue weighted by atomic mass is 10.0. The van der Waals surface area contributed by atoms with Gasteiger partial charge in [0.2, 0.25) is 5.91 Å². The molecule has 0 unspecified atom stereocenters. The van der Waals surface area contributed by atoms with Gasteiger partial charge in [0.05, 0.1) is 5.69 Å². The lowest BCUT2D eigenvalue weighted by Crippen LogP contribution is -2.43. The summed E-state index contributed by atoms with van der Waals surface area (Å²) in [5.41, 5.74) is 4.54. The number of carbonyl (C=O) groups is 2. The maximum Gasteiger partial charge on any atom is 0.258 e. The number of fused-ring (bicyclic) bond motifs is 2. The van der Waals surface area contributed by atoms with Gasteiger partial charge in [-0.2, -0.15) is 0 Å². The summed E-state index contributed by atoms with van der Waals surface area (Å²) >= 11 is 0. The third-order valence-electron chi connectivity index (χ3n) is 6.64. The first-order valence-electron chi connectivity index (χ1n) is 11.0. The van der Waals surface area contributed by atoms with Crippen molar-refractivity contribution in [2.75, 3.05) is 18.5 Å². The molecule has 3 aromatic rings. The van der Waals surface area contributed by atoms with Gasteiger partial charge >= 0.3 is 0 Å². The third-order valence-corrected chi connectivity index (χ3v) is 6.64. The number of rotatable bonds is 3. The van der Waals surface area contributed by atoms with E-state index in [-0.39, 0.29) is 11.8 Å². The highest BCUT2D eigenvalue weighted by Crippen LogP contribution is 2.37. The Morgan fingerprint density at radius 2 is 1.87 bits per heavy atom. The van der Waals surface area contributed by atoms with Gasteiger partial charge in [-0.3, -0.25) is 9.59 Å². The van der Waals surface area contributed by atoms with Crippen molar-refractivity contribution >= 4 is 40.1 Å². The van der Waals surface area contributed by atoms with Crippen LogP contribution >= 0.6 is 0 Å². The molecule has 1 aromatic heterocycles. The first-order chi connectivity index (χ1) is 15.0. The molecule has 0 aliphatic carbocycles. The molecule has 5 heteroatoms. The average Bonchev–Trinajstić information content (AvgIpc) is 3.25. The number of carbonyl (C=O) groups excluding carboxylic acids is 2. The molecule has 5 nitrogen and oxygen atoms in total. The topological polar surface area (TPSA) is 45.6 Å². The summed E-state index contributed by atoms with van der Waals surface area (Å²) in [4.78, 5) is 29.7. The smallest absolute Gasteiger partial charge is 0.258 e. The second kappa shape index (κ2) is 7.73. The molecule has 2 amide bonds. The molecular formula is C26H27N3O2. The fraction of sp³-hybridized carbons (Fsp3) is 0.308.